The van der Waals surface area contributed by atoms with E-state index in [1.807, 2.05) is 0 Å². The Labute approximate surface area is 74.0 Å². The lowest BCUT2D eigenvalue weighted by atomic mass is 9.89. The topological polar surface area (TPSA) is 0 Å². The van der Waals surface area contributed by atoms with E-state index < -0.39 is 0 Å². The molecular formula is C12H14. The van der Waals surface area contributed by atoms with Crippen molar-refractivity contribution < 1.29 is 0 Å². The van der Waals surface area contributed by atoms with Crippen molar-refractivity contribution in [2.24, 2.45) is 11.8 Å². The Hall–Kier alpha value is -1.04. The lowest BCUT2D eigenvalue weighted by Crippen LogP contribution is -2.05. The third kappa shape index (κ3) is 1.08. The molecule has 0 heteroatoms. The zero-order valence-electron chi connectivity index (χ0n) is 7.62. The molecule has 0 heterocycles. The third-order valence-electron chi connectivity index (χ3n) is 2.74. The van der Waals surface area contributed by atoms with Crippen molar-refractivity contribution >= 4 is 0 Å². The minimum absolute atomic E-state index is 0.625. The molecular weight excluding hydrogens is 144 g/mol. The van der Waals surface area contributed by atoms with E-state index in [4.69, 9.17) is 0 Å². The molecule has 0 N–H and O–H groups in total. The number of hydrogen-bond donors (Lipinski definition) is 0. The Morgan fingerprint density at radius 1 is 1.08 bits per heavy atom. The van der Waals surface area contributed by atoms with Gasteiger partial charge in [0.2, 0.25) is 0 Å². The summed E-state index contributed by atoms with van der Waals surface area (Å²) in [6, 6.07) is 0. The summed E-state index contributed by atoms with van der Waals surface area (Å²) in [5, 5.41) is 0. The molecule has 2 aliphatic carbocycles. The lowest BCUT2D eigenvalue weighted by Gasteiger charge is -2.14. The number of allylic oxidation sites excluding steroid dienone is 8. The predicted octanol–water partition coefficient (Wildman–Crippen LogP) is 3.25. The fourth-order valence-corrected chi connectivity index (χ4v) is 1.93. The summed E-state index contributed by atoms with van der Waals surface area (Å²) in [6.07, 6.45) is 13.4. The minimum Gasteiger partial charge on any atom is -0.0808 e. The lowest BCUT2D eigenvalue weighted by molar-refractivity contribution is 0.601. The van der Waals surface area contributed by atoms with Gasteiger partial charge in [-0.15, -0.1) is 0 Å². The van der Waals surface area contributed by atoms with E-state index in [0.29, 0.717) is 11.8 Å². The van der Waals surface area contributed by atoms with E-state index in [1.54, 1.807) is 0 Å². The van der Waals surface area contributed by atoms with Crippen molar-refractivity contribution in [2.75, 3.05) is 0 Å². The first kappa shape index (κ1) is 7.60. The van der Waals surface area contributed by atoms with Gasteiger partial charge in [0.15, 0.2) is 0 Å². The van der Waals surface area contributed by atoms with E-state index in [9.17, 15) is 0 Å². The molecule has 2 aliphatic rings. The zero-order valence-corrected chi connectivity index (χ0v) is 7.62. The Balaban J connectivity index is 2.41. The summed E-state index contributed by atoms with van der Waals surface area (Å²) in [6.45, 7) is 4.46. The monoisotopic (exact) mass is 158 g/mol. The van der Waals surface area contributed by atoms with Crippen LogP contribution >= 0.6 is 0 Å². The van der Waals surface area contributed by atoms with Gasteiger partial charge >= 0.3 is 0 Å². The molecule has 0 aliphatic heterocycles. The Kier molecular flexibility index (Phi) is 1.76. The molecule has 0 bridgehead atoms. The maximum atomic E-state index is 2.31. The molecule has 0 aromatic rings. The fourth-order valence-electron chi connectivity index (χ4n) is 1.93. The van der Waals surface area contributed by atoms with Gasteiger partial charge in [0.25, 0.3) is 0 Å². The van der Waals surface area contributed by atoms with Gasteiger partial charge in [0.1, 0.15) is 0 Å². The average Bonchev–Trinajstić information content (AvgIpc) is 2.30. The first-order valence-corrected chi connectivity index (χ1v) is 4.53. The van der Waals surface area contributed by atoms with Crippen molar-refractivity contribution in [3.8, 4) is 0 Å². The second-order valence-electron chi connectivity index (χ2n) is 3.63. The van der Waals surface area contributed by atoms with E-state index in [-0.39, 0.29) is 0 Å². The highest BCUT2D eigenvalue weighted by molar-refractivity contribution is 5.44. The van der Waals surface area contributed by atoms with Gasteiger partial charge in [-0.3, -0.25) is 0 Å². The highest BCUT2D eigenvalue weighted by atomic mass is 14.3. The molecule has 2 rings (SSSR count). The largest absolute Gasteiger partial charge is 0.0808 e. The SMILES string of the molecule is CC1=C2C=CC=CC(C)C2C=C1. The van der Waals surface area contributed by atoms with Gasteiger partial charge in [-0.1, -0.05) is 43.4 Å². The Bertz CT molecular complexity index is 300. The maximum absolute atomic E-state index is 2.31. The summed E-state index contributed by atoms with van der Waals surface area (Å²) in [4.78, 5) is 0. The highest BCUT2D eigenvalue weighted by Crippen LogP contribution is 2.33. The molecule has 0 saturated heterocycles. The van der Waals surface area contributed by atoms with Crippen molar-refractivity contribution in [1.82, 2.24) is 0 Å². The van der Waals surface area contributed by atoms with Crippen LogP contribution in [0.1, 0.15) is 13.8 Å². The van der Waals surface area contributed by atoms with Crippen LogP contribution in [0.3, 0.4) is 0 Å². The predicted molar refractivity (Wildman–Crippen MR) is 52.8 cm³/mol. The zero-order chi connectivity index (χ0) is 8.55. The Morgan fingerprint density at radius 2 is 1.92 bits per heavy atom. The van der Waals surface area contributed by atoms with Crippen LogP contribution in [0.25, 0.3) is 0 Å². The van der Waals surface area contributed by atoms with Crippen LogP contribution in [0, 0.1) is 11.8 Å². The van der Waals surface area contributed by atoms with Gasteiger partial charge in [-0.25, -0.2) is 0 Å². The normalized spacial score (nSPS) is 32.5. The summed E-state index contributed by atoms with van der Waals surface area (Å²) < 4.78 is 0. The maximum Gasteiger partial charge on any atom is 0.00840 e. The fraction of sp³-hybridized carbons (Fsp3) is 0.333. The molecule has 0 fully saturated rings. The molecule has 2 unspecified atom stereocenters. The van der Waals surface area contributed by atoms with Gasteiger partial charge in [-0.05, 0) is 24.0 Å². The molecule has 0 nitrogen and oxygen atoms in total. The van der Waals surface area contributed by atoms with Crippen LogP contribution in [-0.4, -0.2) is 0 Å². The molecule has 0 saturated carbocycles. The number of hydrogen-bond acceptors (Lipinski definition) is 0. The van der Waals surface area contributed by atoms with Gasteiger partial charge in [-0.2, -0.15) is 0 Å². The molecule has 2 atom stereocenters. The minimum atomic E-state index is 0.625. The van der Waals surface area contributed by atoms with Crippen LogP contribution in [0.5, 0.6) is 0 Å². The highest BCUT2D eigenvalue weighted by Gasteiger charge is 2.21. The third-order valence-corrected chi connectivity index (χ3v) is 2.74. The van der Waals surface area contributed by atoms with E-state index >= 15 is 0 Å². The van der Waals surface area contributed by atoms with Gasteiger partial charge < -0.3 is 0 Å². The number of fused-ring (bicyclic) bond motifs is 1. The summed E-state index contributed by atoms with van der Waals surface area (Å²) >= 11 is 0. The van der Waals surface area contributed by atoms with Gasteiger partial charge in [0, 0.05) is 5.92 Å². The molecule has 0 radical (unpaired) electrons. The quantitative estimate of drug-likeness (QED) is 0.507. The first-order chi connectivity index (χ1) is 5.79. The number of rotatable bonds is 0. The van der Waals surface area contributed by atoms with Crippen LogP contribution in [0.4, 0.5) is 0 Å². The van der Waals surface area contributed by atoms with E-state index in [1.165, 1.54) is 11.1 Å². The van der Waals surface area contributed by atoms with E-state index in [0.717, 1.165) is 0 Å². The second-order valence-corrected chi connectivity index (χ2v) is 3.63. The molecule has 0 amide bonds. The van der Waals surface area contributed by atoms with E-state index in [2.05, 4.69) is 50.3 Å². The van der Waals surface area contributed by atoms with Crippen LogP contribution < -0.4 is 0 Å². The standard InChI is InChI=1S/C12H14/c1-9-5-3-4-6-11-10(2)7-8-12(9)11/h3-9,12H,1-2H3. The molecule has 0 spiro atoms. The molecule has 0 aromatic heterocycles. The van der Waals surface area contributed by atoms with Crippen molar-refractivity contribution in [3.63, 3.8) is 0 Å². The van der Waals surface area contributed by atoms with Crippen molar-refractivity contribution in [1.29, 1.82) is 0 Å². The van der Waals surface area contributed by atoms with Crippen LogP contribution in [0.15, 0.2) is 47.6 Å². The summed E-state index contributed by atoms with van der Waals surface area (Å²) in [7, 11) is 0. The summed E-state index contributed by atoms with van der Waals surface area (Å²) in [5.74, 6) is 1.27. The molecule has 12 heavy (non-hydrogen) atoms. The molecule has 0 aromatic carbocycles. The van der Waals surface area contributed by atoms with Crippen molar-refractivity contribution in [3.05, 3.63) is 47.6 Å². The Morgan fingerprint density at radius 3 is 2.75 bits per heavy atom. The summed E-state index contributed by atoms with van der Waals surface area (Å²) in [5.41, 5.74) is 2.92. The van der Waals surface area contributed by atoms with Crippen molar-refractivity contribution in [2.45, 2.75) is 13.8 Å². The van der Waals surface area contributed by atoms with Crippen LogP contribution in [0.2, 0.25) is 0 Å². The smallest absolute Gasteiger partial charge is 0.00840 e. The van der Waals surface area contributed by atoms with Gasteiger partial charge in [0.05, 0.1) is 0 Å². The first-order valence-electron chi connectivity index (χ1n) is 4.53. The average molecular weight is 158 g/mol. The molecule has 62 valence electrons. The second kappa shape index (κ2) is 2.78. The van der Waals surface area contributed by atoms with Crippen LogP contribution in [-0.2, 0) is 0 Å².